The van der Waals surface area contributed by atoms with E-state index in [9.17, 15) is 20.1 Å². The van der Waals surface area contributed by atoms with Crippen LogP contribution in [0.25, 0.3) is 0 Å². The minimum absolute atomic E-state index is 0.0833. The molecule has 0 aromatic rings. The number of carbonyl (C=O) groups excluding carboxylic acids is 1. The molecule has 10 unspecified atom stereocenters. The zero-order chi connectivity index (χ0) is 28.0. The minimum atomic E-state index is -1.31. The van der Waals surface area contributed by atoms with E-state index in [-0.39, 0.29) is 41.8 Å². The summed E-state index contributed by atoms with van der Waals surface area (Å²) in [5, 5.41) is 38.6. The van der Waals surface area contributed by atoms with E-state index in [1.807, 2.05) is 13.8 Å². The molecule has 37 heavy (non-hydrogen) atoms. The molecule has 3 fully saturated rings. The molecule has 1 heterocycles. The summed E-state index contributed by atoms with van der Waals surface area (Å²) in [4.78, 5) is 13.1. The zero-order valence-corrected chi connectivity index (χ0v) is 24.8. The highest BCUT2D eigenvalue weighted by atomic mass is 16.6. The van der Waals surface area contributed by atoms with Crippen molar-refractivity contribution < 1.29 is 29.6 Å². The van der Waals surface area contributed by atoms with E-state index in [4.69, 9.17) is 9.47 Å². The number of aliphatic hydroxyl groups excluding tert-OH is 1. The second-order valence-corrected chi connectivity index (χ2v) is 13.9. The van der Waals surface area contributed by atoms with Crippen molar-refractivity contribution in [2.24, 2.45) is 46.3 Å². The first kappa shape index (κ1) is 29.0. The molecule has 0 amide bonds. The summed E-state index contributed by atoms with van der Waals surface area (Å²) in [6.45, 7) is 21.4. The van der Waals surface area contributed by atoms with Crippen LogP contribution in [0.3, 0.4) is 0 Å². The molecule has 7 heteroatoms. The number of aliphatic hydroxyl groups is 3. The maximum atomic E-state index is 13.1. The molecule has 4 rings (SSSR count). The highest BCUT2D eigenvalue weighted by molar-refractivity contribution is 5.75. The van der Waals surface area contributed by atoms with Gasteiger partial charge in [0.2, 0.25) is 0 Å². The Bertz CT molecular complexity index is 964. The van der Waals surface area contributed by atoms with Crippen molar-refractivity contribution in [3.8, 4) is 0 Å². The summed E-state index contributed by atoms with van der Waals surface area (Å²) in [6.07, 6.45) is -1.40. The van der Waals surface area contributed by atoms with Gasteiger partial charge in [-0.25, -0.2) is 4.79 Å². The van der Waals surface area contributed by atoms with Crippen molar-refractivity contribution in [1.82, 2.24) is 5.32 Å². The lowest BCUT2D eigenvalue weighted by atomic mass is 9.38. The lowest BCUT2D eigenvalue weighted by molar-refractivity contribution is -0.346. The fraction of sp³-hybridized carbons (Fsp3) is 0.900. The molecule has 0 aromatic carbocycles. The molecule has 4 N–H and O–H groups in total. The van der Waals surface area contributed by atoms with Crippen LogP contribution in [0.2, 0.25) is 0 Å². The Labute approximate surface area is 223 Å². The van der Waals surface area contributed by atoms with Crippen LogP contribution in [0.1, 0.15) is 75.7 Å². The largest absolute Gasteiger partial charge is 0.455 e. The van der Waals surface area contributed by atoms with Crippen LogP contribution in [0.4, 0.5) is 0 Å². The smallest absolute Gasteiger partial charge is 0.337 e. The summed E-state index contributed by atoms with van der Waals surface area (Å²) >= 11 is 0. The fourth-order valence-electron chi connectivity index (χ4n) is 9.80. The van der Waals surface area contributed by atoms with Gasteiger partial charge in [-0.15, -0.1) is 0 Å². The third-order valence-corrected chi connectivity index (χ3v) is 12.4. The van der Waals surface area contributed by atoms with E-state index < -0.39 is 46.8 Å². The maximum absolute atomic E-state index is 13.1. The van der Waals surface area contributed by atoms with E-state index in [0.29, 0.717) is 5.92 Å². The molecule has 7 nitrogen and oxygen atoms in total. The number of esters is 1. The van der Waals surface area contributed by atoms with Gasteiger partial charge in [-0.2, -0.15) is 0 Å². The first-order valence-corrected chi connectivity index (χ1v) is 14.3. The molecule has 3 aliphatic carbocycles. The Morgan fingerprint density at radius 1 is 1.08 bits per heavy atom. The van der Waals surface area contributed by atoms with Crippen LogP contribution >= 0.6 is 0 Å². The van der Waals surface area contributed by atoms with E-state index in [1.165, 1.54) is 0 Å². The zero-order valence-electron chi connectivity index (χ0n) is 24.8. The predicted molar refractivity (Wildman–Crippen MR) is 143 cm³/mol. The Morgan fingerprint density at radius 3 is 2.19 bits per heavy atom. The average molecular weight is 522 g/mol. The molecule has 1 saturated heterocycles. The molecule has 1 aliphatic heterocycles. The van der Waals surface area contributed by atoms with Crippen LogP contribution < -0.4 is 5.32 Å². The first-order valence-electron chi connectivity index (χ1n) is 14.3. The number of nitrogens with one attached hydrogen (secondary N) is 1. The van der Waals surface area contributed by atoms with Crippen LogP contribution in [0, 0.1) is 46.3 Å². The van der Waals surface area contributed by atoms with Crippen molar-refractivity contribution in [2.45, 2.75) is 111 Å². The SMILES string of the molecule is CNC(C)C(O)C(=O)OC1C(C)=C2C(C)C(C)[C@@]3(C)C(C(C)C(O)([C@H]1C)C2(C)C)C1(O)COC1C[C@@H]3C. The molecule has 0 aromatic heterocycles. The second kappa shape index (κ2) is 9.02. The normalized spacial score (nSPS) is 50.5. The Hall–Kier alpha value is -0.990. The van der Waals surface area contributed by atoms with Crippen molar-refractivity contribution in [1.29, 1.82) is 0 Å². The van der Waals surface area contributed by atoms with Gasteiger partial charge in [0.15, 0.2) is 6.10 Å². The quantitative estimate of drug-likeness (QED) is 0.332. The van der Waals surface area contributed by atoms with Gasteiger partial charge in [-0.05, 0) is 62.0 Å². The number of ether oxygens (including phenoxy) is 2. The monoisotopic (exact) mass is 521 g/mol. The van der Waals surface area contributed by atoms with Gasteiger partial charge < -0.3 is 30.1 Å². The fourth-order valence-corrected chi connectivity index (χ4v) is 9.80. The topological polar surface area (TPSA) is 108 Å². The van der Waals surface area contributed by atoms with E-state index in [2.05, 4.69) is 53.8 Å². The Kier molecular flexibility index (Phi) is 7.07. The van der Waals surface area contributed by atoms with Crippen molar-refractivity contribution >= 4 is 5.97 Å². The highest BCUT2D eigenvalue weighted by Crippen LogP contribution is 2.69. The number of fused-ring (bicyclic) bond motifs is 5. The molecular weight excluding hydrogens is 470 g/mol. The van der Waals surface area contributed by atoms with Gasteiger partial charge in [0, 0.05) is 23.3 Å². The van der Waals surface area contributed by atoms with E-state index in [1.54, 1.807) is 14.0 Å². The van der Waals surface area contributed by atoms with Gasteiger partial charge in [0.1, 0.15) is 11.7 Å². The molecular formula is C30H51NO6. The molecule has 4 aliphatic rings. The van der Waals surface area contributed by atoms with E-state index in [0.717, 1.165) is 17.6 Å². The summed E-state index contributed by atoms with van der Waals surface area (Å²) < 4.78 is 12.0. The van der Waals surface area contributed by atoms with Crippen molar-refractivity contribution in [3.63, 3.8) is 0 Å². The van der Waals surface area contributed by atoms with Gasteiger partial charge >= 0.3 is 5.97 Å². The molecule has 2 bridgehead atoms. The summed E-state index contributed by atoms with van der Waals surface area (Å²) in [6, 6.07) is -0.462. The third-order valence-electron chi connectivity index (χ3n) is 12.4. The minimum Gasteiger partial charge on any atom is -0.455 e. The predicted octanol–water partition coefficient (Wildman–Crippen LogP) is 3.30. The van der Waals surface area contributed by atoms with Gasteiger partial charge in [0.25, 0.3) is 0 Å². The highest BCUT2D eigenvalue weighted by Gasteiger charge is 2.73. The van der Waals surface area contributed by atoms with Gasteiger partial charge in [0.05, 0.1) is 18.3 Å². The lowest BCUT2D eigenvalue weighted by Crippen LogP contribution is -2.77. The summed E-state index contributed by atoms with van der Waals surface area (Å²) in [5.74, 6) is -1.05. The molecule has 0 radical (unpaired) electrons. The number of hydrogen-bond donors (Lipinski definition) is 4. The van der Waals surface area contributed by atoms with Crippen molar-refractivity contribution in [3.05, 3.63) is 11.1 Å². The van der Waals surface area contributed by atoms with Crippen LogP contribution in [0.5, 0.6) is 0 Å². The number of carbonyl (C=O) groups is 1. The number of hydrogen-bond acceptors (Lipinski definition) is 7. The molecule has 0 spiro atoms. The number of likely N-dealkylation sites (N-methyl/N-ethyl adjacent to an activating group) is 1. The van der Waals surface area contributed by atoms with Gasteiger partial charge in [-0.1, -0.05) is 61.0 Å². The molecule has 212 valence electrons. The second-order valence-electron chi connectivity index (χ2n) is 13.9. The standard InChI is InChI=1S/C30H51NO6/c1-14-12-21-29(34,13-36-21)25-19(6)30(35)18(5)24(37-26(33)23(32)20(7)31-11)16(3)22(27(30,8)9)15(2)17(4)28(14,25)10/h14-15,17-21,23-25,31-32,34-35H,12-13H2,1-11H3/t14-,15?,17?,18-,19?,20?,21?,23?,24?,25?,28-,29?,30?/m0/s1. The Balaban J connectivity index is 1.91. The van der Waals surface area contributed by atoms with Crippen LogP contribution in [0.15, 0.2) is 11.1 Å². The average Bonchev–Trinajstić information content (AvgIpc) is 2.84. The lowest BCUT2D eigenvalue weighted by Gasteiger charge is -2.71. The number of rotatable bonds is 4. The summed E-state index contributed by atoms with van der Waals surface area (Å²) in [7, 11) is 1.69. The van der Waals surface area contributed by atoms with Crippen molar-refractivity contribution in [2.75, 3.05) is 13.7 Å². The van der Waals surface area contributed by atoms with E-state index >= 15 is 0 Å². The summed E-state index contributed by atoms with van der Waals surface area (Å²) in [5.41, 5.74) is -1.03. The molecule has 2 saturated carbocycles. The maximum Gasteiger partial charge on any atom is 0.337 e. The molecule has 13 atom stereocenters. The van der Waals surface area contributed by atoms with Crippen LogP contribution in [-0.2, 0) is 14.3 Å². The first-order chi connectivity index (χ1) is 16.9. The third kappa shape index (κ3) is 3.53. The Morgan fingerprint density at radius 2 is 1.68 bits per heavy atom. The van der Waals surface area contributed by atoms with Crippen LogP contribution in [-0.4, -0.2) is 70.5 Å². The van der Waals surface area contributed by atoms with Gasteiger partial charge in [-0.3, -0.25) is 0 Å².